The van der Waals surface area contributed by atoms with Crippen LogP contribution in [0.3, 0.4) is 0 Å². The van der Waals surface area contributed by atoms with Gasteiger partial charge in [-0.25, -0.2) is 4.68 Å². The fourth-order valence-electron chi connectivity index (χ4n) is 3.73. The molecule has 148 valence electrons. The van der Waals surface area contributed by atoms with Crippen molar-refractivity contribution in [3.8, 4) is 11.3 Å². The van der Waals surface area contributed by atoms with Crippen molar-refractivity contribution in [2.24, 2.45) is 5.73 Å². The monoisotopic (exact) mass is 409 g/mol. The van der Waals surface area contributed by atoms with Crippen LogP contribution in [0.25, 0.3) is 11.3 Å². The van der Waals surface area contributed by atoms with Gasteiger partial charge in [-0.2, -0.15) is 5.10 Å². The quantitative estimate of drug-likeness (QED) is 0.611. The highest BCUT2D eigenvalue weighted by Crippen LogP contribution is 2.39. The Morgan fingerprint density at radius 3 is 2.76 bits per heavy atom. The number of fused-ring (bicyclic) bond motifs is 1. The molecule has 29 heavy (non-hydrogen) atoms. The molecule has 8 heteroatoms. The van der Waals surface area contributed by atoms with E-state index in [1.54, 1.807) is 22.9 Å². The van der Waals surface area contributed by atoms with E-state index in [9.17, 15) is 9.59 Å². The van der Waals surface area contributed by atoms with Crippen molar-refractivity contribution in [3.63, 3.8) is 0 Å². The molecule has 0 radical (unpaired) electrons. The lowest BCUT2D eigenvalue weighted by Crippen LogP contribution is -2.27. The summed E-state index contributed by atoms with van der Waals surface area (Å²) in [5, 5.41) is 11.4. The Bertz CT molecular complexity index is 1110. The zero-order valence-electron chi connectivity index (χ0n) is 15.8. The van der Waals surface area contributed by atoms with Crippen LogP contribution in [-0.2, 0) is 4.79 Å². The fourth-order valence-corrected chi connectivity index (χ4v) is 3.92. The summed E-state index contributed by atoms with van der Waals surface area (Å²) in [6.07, 6.45) is 0.735. The Labute approximate surface area is 172 Å². The summed E-state index contributed by atoms with van der Waals surface area (Å²) in [5.74, 6) is -0.143. The summed E-state index contributed by atoms with van der Waals surface area (Å²) in [6.45, 7) is 2.11. The summed E-state index contributed by atoms with van der Waals surface area (Å²) in [7, 11) is 0. The number of carbonyl (C=O) groups excluding carboxylic acids is 2. The maximum Gasteiger partial charge on any atom is 0.254 e. The van der Waals surface area contributed by atoms with Gasteiger partial charge in [0.1, 0.15) is 17.1 Å². The van der Waals surface area contributed by atoms with E-state index in [-0.39, 0.29) is 11.9 Å². The topological polar surface area (TPSA) is 102 Å². The highest BCUT2D eigenvalue weighted by molar-refractivity contribution is 6.30. The first kappa shape index (κ1) is 19.0. The minimum Gasteiger partial charge on any atom is -0.369 e. The number of amides is 2. The van der Waals surface area contributed by atoms with Crippen LogP contribution in [0.2, 0.25) is 5.02 Å². The van der Waals surface area contributed by atoms with Gasteiger partial charge in [-0.05, 0) is 24.6 Å². The van der Waals surface area contributed by atoms with Crippen molar-refractivity contribution in [2.75, 3.05) is 17.2 Å². The van der Waals surface area contributed by atoms with Gasteiger partial charge in [0.15, 0.2) is 0 Å². The Morgan fingerprint density at radius 2 is 2.03 bits per heavy atom. The van der Waals surface area contributed by atoms with E-state index < -0.39 is 5.91 Å². The van der Waals surface area contributed by atoms with Crippen LogP contribution >= 0.6 is 11.6 Å². The number of carbonyl (C=O) groups is 2. The number of hydrogen-bond donors (Lipinski definition) is 3. The number of halogens is 1. The predicted molar refractivity (Wildman–Crippen MR) is 113 cm³/mol. The molecule has 0 bridgehead atoms. The second kappa shape index (κ2) is 7.60. The molecule has 4 N–H and O–H groups in total. The number of anilines is 2. The van der Waals surface area contributed by atoms with Gasteiger partial charge in [0.05, 0.1) is 6.04 Å². The molecule has 0 saturated heterocycles. The van der Waals surface area contributed by atoms with E-state index in [4.69, 9.17) is 22.4 Å². The molecular formula is C21H20ClN5O2. The predicted octanol–water partition coefficient (Wildman–Crippen LogP) is 3.67. The number of nitrogens with zero attached hydrogens (tertiary/aromatic N) is 2. The van der Waals surface area contributed by atoms with E-state index >= 15 is 0 Å². The number of aromatic nitrogens is 2. The Hall–Kier alpha value is -3.32. The van der Waals surface area contributed by atoms with E-state index in [1.807, 2.05) is 30.3 Å². The molecule has 4 rings (SSSR count). The minimum absolute atomic E-state index is 0.149. The van der Waals surface area contributed by atoms with E-state index in [0.29, 0.717) is 34.2 Å². The number of benzene rings is 2. The van der Waals surface area contributed by atoms with Crippen LogP contribution in [0.4, 0.5) is 11.5 Å². The average Bonchev–Trinajstić information content (AvgIpc) is 3.08. The van der Waals surface area contributed by atoms with Gasteiger partial charge in [-0.1, -0.05) is 41.9 Å². The van der Waals surface area contributed by atoms with Gasteiger partial charge in [0.25, 0.3) is 5.91 Å². The fraction of sp³-hybridized carbons (Fsp3) is 0.190. The Morgan fingerprint density at radius 1 is 1.24 bits per heavy atom. The molecule has 0 fully saturated rings. The summed E-state index contributed by atoms with van der Waals surface area (Å²) in [5.41, 5.74) is 8.87. The zero-order chi connectivity index (χ0) is 20.5. The molecule has 7 nitrogen and oxygen atoms in total. The van der Waals surface area contributed by atoms with E-state index in [1.165, 1.54) is 6.92 Å². The molecule has 1 unspecified atom stereocenters. The van der Waals surface area contributed by atoms with Crippen molar-refractivity contribution in [3.05, 3.63) is 64.7 Å². The van der Waals surface area contributed by atoms with Crippen LogP contribution in [0, 0.1) is 0 Å². The zero-order valence-corrected chi connectivity index (χ0v) is 16.5. The van der Waals surface area contributed by atoms with Crippen molar-refractivity contribution in [1.82, 2.24) is 9.78 Å². The lowest BCUT2D eigenvalue weighted by Gasteiger charge is -2.28. The molecule has 1 aromatic heterocycles. The molecule has 1 atom stereocenters. The van der Waals surface area contributed by atoms with Gasteiger partial charge < -0.3 is 16.4 Å². The third-order valence-electron chi connectivity index (χ3n) is 4.89. The number of rotatable bonds is 4. The third kappa shape index (κ3) is 3.56. The molecule has 3 aromatic rings. The number of nitrogens with two attached hydrogens (primary N) is 1. The van der Waals surface area contributed by atoms with Crippen molar-refractivity contribution in [2.45, 2.75) is 19.4 Å². The van der Waals surface area contributed by atoms with Gasteiger partial charge in [0, 0.05) is 35.3 Å². The molecule has 0 saturated carbocycles. The van der Waals surface area contributed by atoms with Crippen molar-refractivity contribution in [1.29, 1.82) is 0 Å². The maximum absolute atomic E-state index is 12.3. The van der Waals surface area contributed by atoms with Crippen LogP contribution in [-0.4, -0.2) is 28.1 Å². The Balaban J connectivity index is 1.88. The summed E-state index contributed by atoms with van der Waals surface area (Å²) in [4.78, 5) is 23.9. The number of primary amides is 1. The van der Waals surface area contributed by atoms with Crippen LogP contribution < -0.4 is 16.4 Å². The number of nitrogens with one attached hydrogen (secondary N) is 2. The molecule has 0 aliphatic carbocycles. The van der Waals surface area contributed by atoms with Crippen molar-refractivity contribution < 1.29 is 9.59 Å². The lowest BCUT2D eigenvalue weighted by molar-refractivity contribution is -0.114. The molecule has 1 aliphatic heterocycles. The standard InChI is InChI=1S/C21H20ClN5O2/c1-12(28)25-16-8-3-2-7-15(16)17-9-10-24-21-18(20(23)29)19(26-27(17)21)13-5-4-6-14(22)11-13/h2-8,11,17,24H,9-10H2,1H3,(H2,23,29)(H,25,28). The summed E-state index contributed by atoms with van der Waals surface area (Å²) < 4.78 is 1.78. The van der Waals surface area contributed by atoms with Gasteiger partial charge in [0.2, 0.25) is 5.91 Å². The van der Waals surface area contributed by atoms with Crippen LogP contribution in [0.5, 0.6) is 0 Å². The molecule has 2 amide bonds. The SMILES string of the molecule is CC(=O)Nc1ccccc1C1CCNc2c(C(N)=O)c(-c3cccc(Cl)c3)nn21. The number of hydrogen-bond acceptors (Lipinski definition) is 4. The second-order valence-corrected chi connectivity index (χ2v) is 7.33. The maximum atomic E-state index is 12.3. The summed E-state index contributed by atoms with van der Waals surface area (Å²) in [6, 6.07) is 14.6. The molecule has 2 aromatic carbocycles. The minimum atomic E-state index is -0.565. The number of para-hydroxylation sites is 1. The van der Waals surface area contributed by atoms with Gasteiger partial charge in [-0.3, -0.25) is 9.59 Å². The van der Waals surface area contributed by atoms with Crippen LogP contribution in [0.1, 0.15) is 35.3 Å². The van der Waals surface area contributed by atoms with E-state index in [0.717, 1.165) is 17.7 Å². The van der Waals surface area contributed by atoms with Crippen molar-refractivity contribution >= 4 is 34.9 Å². The highest BCUT2D eigenvalue weighted by atomic mass is 35.5. The van der Waals surface area contributed by atoms with Gasteiger partial charge >= 0.3 is 0 Å². The third-order valence-corrected chi connectivity index (χ3v) is 5.13. The van der Waals surface area contributed by atoms with Crippen LogP contribution in [0.15, 0.2) is 48.5 Å². The lowest BCUT2D eigenvalue weighted by atomic mass is 9.99. The largest absolute Gasteiger partial charge is 0.369 e. The molecule has 0 spiro atoms. The summed E-state index contributed by atoms with van der Waals surface area (Å²) >= 11 is 6.14. The first-order chi connectivity index (χ1) is 14.0. The van der Waals surface area contributed by atoms with E-state index in [2.05, 4.69) is 10.6 Å². The average molecular weight is 410 g/mol. The highest BCUT2D eigenvalue weighted by Gasteiger charge is 2.31. The first-order valence-corrected chi connectivity index (χ1v) is 9.62. The molecule has 2 heterocycles. The Kier molecular flexibility index (Phi) is 4.98. The first-order valence-electron chi connectivity index (χ1n) is 9.24. The second-order valence-electron chi connectivity index (χ2n) is 6.89. The van der Waals surface area contributed by atoms with Gasteiger partial charge in [-0.15, -0.1) is 0 Å². The molecular weight excluding hydrogens is 390 g/mol. The smallest absolute Gasteiger partial charge is 0.254 e. The normalized spacial score (nSPS) is 15.3. The molecule has 1 aliphatic rings.